The molecule has 0 atom stereocenters. The Labute approximate surface area is 122 Å². The lowest BCUT2D eigenvalue weighted by molar-refractivity contribution is 0.328. The van der Waals surface area contributed by atoms with Crippen molar-refractivity contribution in [3.8, 4) is 16.0 Å². The summed E-state index contributed by atoms with van der Waals surface area (Å²) in [4.78, 5) is 7.00. The highest BCUT2D eigenvalue weighted by atomic mass is 79.9. The molecule has 1 aliphatic rings. The first-order chi connectivity index (χ1) is 8.64. The van der Waals surface area contributed by atoms with Gasteiger partial charge in [-0.2, -0.15) is 5.26 Å². The summed E-state index contributed by atoms with van der Waals surface area (Å²) in [7, 11) is 0. The van der Waals surface area contributed by atoms with Crippen molar-refractivity contribution in [2.75, 3.05) is 0 Å². The highest BCUT2D eigenvalue weighted by Crippen LogP contribution is 2.48. The highest BCUT2D eigenvalue weighted by molar-refractivity contribution is 9.11. The van der Waals surface area contributed by atoms with E-state index in [2.05, 4.69) is 33.0 Å². The number of hydrogen-bond donors (Lipinski definition) is 0. The molecule has 1 aliphatic carbocycles. The summed E-state index contributed by atoms with van der Waals surface area (Å²) < 4.78 is 1.12. The van der Waals surface area contributed by atoms with E-state index in [9.17, 15) is 5.26 Å². The standard InChI is InChI=1S/C13H11BrN2S2/c1-8-11(13(7-15)5-2-6-13)18-12(16-8)9-3-4-10(14)17-9/h3-4H,2,5-6H2,1H3. The number of thiazole rings is 1. The molecule has 0 spiro atoms. The molecule has 1 saturated carbocycles. The molecule has 3 rings (SSSR count). The van der Waals surface area contributed by atoms with Gasteiger partial charge in [0.1, 0.15) is 5.01 Å². The third kappa shape index (κ3) is 1.83. The van der Waals surface area contributed by atoms with Crippen LogP contribution in [0.4, 0.5) is 0 Å². The van der Waals surface area contributed by atoms with Gasteiger partial charge in [0.2, 0.25) is 0 Å². The van der Waals surface area contributed by atoms with Crippen LogP contribution in [0.1, 0.15) is 29.8 Å². The molecule has 0 aromatic carbocycles. The Bertz CT molecular complexity index is 632. The maximum Gasteiger partial charge on any atom is 0.133 e. The Balaban J connectivity index is 2.04. The second kappa shape index (κ2) is 4.44. The average Bonchev–Trinajstić information content (AvgIpc) is 2.86. The summed E-state index contributed by atoms with van der Waals surface area (Å²) in [6.07, 6.45) is 3.13. The molecule has 2 heterocycles. The molecule has 0 N–H and O–H groups in total. The molecular weight excluding hydrogens is 328 g/mol. The minimum Gasteiger partial charge on any atom is -0.240 e. The summed E-state index contributed by atoms with van der Waals surface area (Å²) in [5.74, 6) is 0. The van der Waals surface area contributed by atoms with E-state index < -0.39 is 0 Å². The third-order valence-electron chi connectivity index (χ3n) is 3.44. The van der Waals surface area contributed by atoms with E-state index in [1.165, 1.54) is 9.75 Å². The van der Waals surface area contributed by atoms with Gasteiger partial charge < -0.3 is 0 Å². The van der Waals surface area contributed by atoms with Crippen LogP contribution in [0.25, 0.3) is 9.88 Å². The fraction of sp³-hybridized carbons (Fsp3) is 0.385. The molecule has 2 nitrogen and oxygen atoms in total. The van der Waals surface area contributed by atoms with Gasteiger partial charge in [-0.05, 0) is 54.2 Å². The van der Waals surface area contributed by atoms with Crippen molar-refractivity contribution in [1.29, 1.82) is 5.26 Å². The smallest absolute Gasteiger partial charge is 0.133 e. The Morgan fingerprint density at radius 3 is 2.67 bits per heavy atom. The summed E-state index contributed by atoms with van der Waals surface area (Å²) in [5.41, 5.74) is 0.787. The first-order valence-corrected chi connectivity index (χ1v) is 8.22. The van der Waals surface area contributed by atoms with Crippen LogP contribution in [-0.4, -0.2) is 4.98 Å². The van der Waals surface area contributed by atoms with Crippen molar-refractivity contribution in [3.63, 3.8) is 0 Å². The van der Waals surface area contributed by atoms with E-state index in [-0.39, 0.29) is 5.41 Å². The SMILES string of the molecule is Cc1nc(-c2ccc(Br)s2)sc1C1(C#N)CCC1. The lowest BCUT2D eigenvalue weighted by Crippen LogP contribution is -2.31. The molecule has 0 unspecified atom stereocenters. The summed E-state index contributed by atoms with van der Waals surface area (Å²) in [5, 5.41) is 10.5. The Morgan fingerprint density at radius 1 is 1.39 bits per heavy atom. The average molecular weight is 339 g/mol. The normalized spacial score (nSPS) is 17.2. The van der Waals surface area contributed by atoms with Gasteiger partial charge in [0, 0.05) is 4.88 Å². The molecule has 0 amide bonds. The summed E-state index contributed by atoms with van der Waals surface area (Å²) >= 11 is 6.85. The predicted molar refractivity (Wildman–Crippen MR) is 79.0 cm³/mol. The number of nitriles is 1. The van der Waals surface area contributed by atoms with E-state index in [1.807, 2.05) is 13.0 Å². The van der Waals surface area contributed by atoms with E-state index in [0.29, 0.717) is 0 Å². The molecular formula is C13H11BrN2S2. The molecule has 2 aromatic rings. The van der Waals surface area contributed by atoms with Crippen LogP contribution in [-0.2, 0) is 5.41 Å². The van der Waals surface area contributed by atoms with Gasteiger partial charge in [0.25, 0.3) is 0 Å². The Hall–Kier alpha value is -0.700. The highest BCUT2D eigenvalue weighted by Gasteiger charge is 2.42. The third-order valence-corrected chi connectivity index (χ3v) is 6.59. The molecule has 0 aliphatic heterocycles. The van der Waals surface area contributed by atoms with Gasteiger partial charge in [0.15, 0.2) is 0 Å². The Morgan fingerprint density at radius 2 is 2.17 bits per heavy atom. The van der Waals surface area contributed by atoms with Crippen molar-refractivity contribution < 1.29 is 0 Å². The molecule has 18 heavy (non-hydrogen) atoms. The quantitative estimate of drug-likeness (QED) is 0.781. The second-order valence-electron chi connectivity index (χ2n) is 4.58. The zero-order valence-corrected chi connectivity index (χ0v) is 13.1. The van der Waals surface area contributed by atoms with Gasteiger partial charge in [-0.25, -0.2) is 4.98 Å². The van der Waals surface area contributed by atoms with Crippen LogP contribution >= 0.6 is 38.6 Å². The lowest BCUT2D eigenvalue weighted by atomic mass is 9.68. The van der Waals surface area contributed by atoms with Crippen molar-refractivity contribution >= 4 is 38.6 Å². The van der Waals surface area contributed by atoms with E-state index in [1.54, 1.807) is 22.7 Å². The largest absolute Gasteiger partial charge is 0.240 e. The van der Waals surface area contributed by atoms with Gasteiger partial charge in [-0.1, -0.05) is 0 Å². The van der Waals surface area contributed by atoms with Crippen LogP contribution in [0.15, 0.2) is 15.9 Å². The second-order valence-corrected chi connectivity index (χ2v) is 8.05. The minimum atomic E-state index is -0.242. The van der Waals surface area contributed by atoms with Gasteiger partial charge in [0.05, 0.1) is 25.8 Å². The molecule has 0 radical (unpaired) electrons. The molecule has 5 heteroatoms. The molecule has 92 valence electrons. The topological polar surface area (TPSA) is 36.7 Å². The summed E-state index contributed by atoms with van der Waals surface area (Å²) in [6.45, 7) is 2.02. The molecule has 0 saturated heterocycles. The fourth-order valence-corrected chi connectivity index (χ4v) is 5.00. The van der Waals surface area contributed by atoms with E-state index >= 15 is 0 Å². The van der Waals surface area contributed by atoms with Crippen LogP contribution in [0.2, 0.25) is 0 Å². The maximum absolute atomic E-state index is 9.42. The van der Waals surface area contributed by atoms with E-state index in [4.69, 9.17) is 0 Å². The minimum absolute atomic E-state index is 0.242. The zero-order chi connectivity index (χ0) is 12.8. The van der Waals surface area contributed by atoms with Crippen molar-refractivity contribution in [2.45, 2.75) is 31.6 Å². The van der Waals surface area contributed by atoms with Crippen LogP contribution in [0.5, 0.6) is 0 Å². The lowest BCUT2D eigenvalue weighted by Gasteiger charge is -2.34. The number of aromatic nitrogens is 1. The van der Waals surface area contributed by atoms with E-state index in [0.717, 1.165) is 33.8 Å². The predicted octanol–water partition coefficient (Wildman–Crippen LogP) is 4.89. The molecule has 0 bridgehead atoms. The van der Waals surface area contributed by atoms with Gasteiger partial charge in [-0.3, -0.25) is 0 Å². The van der Waals surface area contributed by atoms with Crippen molar-refractivity contribution in [1.82, 2.24) is 4.98 Å². The van der Waals surface area contributed by atoms with Gasteiger partial charge >= 0.3 is 0 Å². The maximum atomic E-state index is 9.42. The van der Waals surface area contributed by atoms with Crippen LogP contribution in [0.3, 0.4) is 0 Å². The summed E-state index contributed by atoms with van der Waals surface area (Å²) in [6, 6.07) is 6.63. The fourth-order valence-electron chi connectivity index (χ4n) is 2.30. The Kier molecular flexibility index (Phi) is 3.05. The zero-order valence-electron chi connectivity index (χ0n) is 9.86. The number of hydrogen-bond acceptors (Lipinski definition) is 4. The first-order valence-electron chi connectivity index (χ1n) is 5.79. The van der Waals surface area contributed by atoms with Crippen molar-refractivity contribution in [2.24, 2.45) is 0 Å². The monoisotopic (exact) mass is 338 g/mol. The van der Waals surface area contributed by atoms with Crippen molar-refractivity contribution in [3.05, 3.63) is 26.5 Å². The number of aryl methyl sites for hydroxylation is 1. The van der Waals surface area contributed by atoms with Crippen LogP contribution < -0.4 is 0 Å². The molecule has 1 fully saturated rings. The number of halogens is 1. The molecule has 2 aromatic heterocycles. The number of rotatable bonds is 2. The number of nitrogens with zero attached hydrogens (tertiary/aromatic N) is 2. The van der Waals surface area contributed by atoms with Gasteiger partial charge in [-0.15, -0.1) is 22.7 Å². The van der Waals surface area contributed by atoms with Crippen LogP contribution in [0, 0.1) is 18.3 Å². The first kappa shape index (κ1) is 12.3. The number of thiophene rings is 1.